The van der Waals surface area contributed by atoms with Crippen molar-refractivity contribution in [3.8, 4) is 0 Å². The van der Waals surface area contributed by atoms with Gasteiger partial charge < -0.3 is 19.0 Å². The van der Waals surface area contributed by atoms with E-state index in [4.69, 9.17) is 19.0 Å². The Morgan fingerprint density at radius 2 is 2.14 bits per heavy atom. The van der Waals surface area contributed by atoms with Gasteiger partial charge in [-0.2, -0.15) is 9.12 Å². The molecule has 0 amide bonds. The third kappa shape index (κ3) is 9.55. The normalized spacial score (nSPS) is 14.0. The summed E-state index contributed by atoms with van der Waals surface area (Å²) in [5, 5.41) is 0. The van der Waals surface area contributed by atoms with Crippen molar-refractivity contribution in [2.75, 3.05) is 19.6 Å². The summed E-state index contributed by atoms with van der Waals surface area (Å²) in [4.78, 5) is 17.0. The Labute approximate surface area is 89.2 Å². The Morgan fingerprint density at radius 3 is 2.57 bits per heavy atom. The highest BCUT2D eigenvalue weighted by molar-refractivity contribution is 7.56. The lowest BCUT2D eigenvalue weighted by Crippen LogP contribution is -2.08. The predicted octanol–water partition coefficient (Wildman–Crippen LogP) is 0.618. The minimum Gasteiger partial charge on any atom is -0.369 e. The molecule has 2 N–H and O–H groups in total. The summed E-state index contributed by atoms with van der Waals surface area (Å²) in [5.41, 5.74) is 0. The largest absolute Gasteiger partial charge is 0.369 e. The molecule has 0 aromatic carbocycles. The fourth-order valence-electron chi connectivity index (χ4n) is 0.777. The molecule has 3 atom stereocenters. The van der Waals surface area contributed by atoms with Crippen LogP contribution in [0.1, 0.15) is 6.42 Å². The van der Waals surface area contributed by atoms with E-state index >= 15 is 0 Å². The van der Waals surface area contributed by atoms with Crippen molar-refractivity contribution >= 4 is 33.2 Å². The van der Waals surface area contributed by atoms with E-state index in [2.05, 4.69) is 18.6 Å². The van der Waals surface area contributed by atoms with E-state index in [-0.39, 0.29) is 5.82 Å². The zero-order valence-corrected chi connectivity index (χ0v) is 10.9. The molecule has 0 rings (SSSR count). The van der Waals surface area contributed by atoms with Gasteiger partial charge in [-0.1, -0.05) is 0 Å². The molecule has 5 nitrogen and oxygen atoms in total. The fraction of sp³-hybridized carbons (Fsp3) is 1.00. The Balaban J connectivity index is 3.47. The highest BCUT2D eigenvalue weighted by Crippen LogP contribution is 2.34. The Morgan fingerprint density at radius 1 is 1.50 bits per heavy atom. The van der Waals surface area contributed by atoms with Crippen LogP contribution >= 0.6 is 26.2 Å². The van der Waals surface area contributed by atoms with E-state index in [0.29, 0.717) is 19.6 Å². The van der Waals surface area contributed by atoms with Crippen molar-refractivity contribution in [3.05, 3.63) is 0 Å². The van der Waals surface area contributed by atoms with Crippen LogP contribution in [0.25, 0.3) is 0 Å². The quantitative estimate of drug-likeness (QED) is 0.379. The van der Waals surface area contributed by atoms with Gasteiger partial charge in [-0.3, -0.25) is 4.57 Å². The van der Waals surface area contributed by atoms with Crippen LogP contribution in [0, 0.1) is 0 Å². The molecule has 0 bridgehead atoms. The van der Waals surface area contributed by atoms with E-state index in [9.17, 15) is 4.57 Å². The van der Waals surface area contributed by atoms with Crippen LogP contribution < -0.4 is 0 Å². The average Bonchev–Trinajstić information content (AvgIpc) is 2.08. The summed E-state index contributed by atoms with van der Waals surface area (Å²) < 4.78 is 20.1. The summed E-state index contributed by atoms with van der Waals surface area (Å²) >= 11 is 0. The second-order valence-electron chi connectivity index (χ2n) is 2.78. The lowest BCUT2D eigenvalue weighted by atomic mass is 9.84. The highest BCUT2D eigenvalue weighted by atomic mass is 31.2. The van der Waals surface area contributed by atoms with E-state index in [0.717, 1.165) is 0 Å². The maximum Gasteiger partial charge on any atom is 0.350 e. The molecule has 9 heteroatoms. The number of rotatable bonds is 8. The van der Waals surface area contributed by atoms with Crippen molar-refractivity contribution in [2.24, 2.45) is 0 Å². The SMILES string of the molecule is O=P(O)(O)COCCC([B]P)COP. The lowest BCUT2D eigenvalue weighted by Gasteiger charge is -2.12. The van der Waals surface area contributed by atoms with Crippen LogP contribution in [0.5, 0.6) is 0 Å². The maximum absolute atomic E-state index is 10.4. The molecule has 0 fully saturated rings. The molecule has 0 spiro atoms. The molecule has 0 saturated heterocycles. The van der Waals surface area contributed by atoms with Gasteiger partial charge >= 0.3 is 7.60 Å². The Kier molecular flexibility index (Phi) is 8.76. The summed E-state index contributed by atoms with van der Waals surface area (Å²) in [6.45, 7) is 2.76. The molecule has 0 heterocycles. The van der Waals surface area contributed by atoms with Gasteiger partial charge in [0.15, 0.2) is 0 Å². The van der Waals surface area contributed by atoms with Gasteiger partial charge in [-0.25, -0.2) is 0 Å². The molecular weight excluding hydrogens is 244 g/mol. The van der Waals surface area contributed by atoms with Crippen LogP contribution in [0.2, 0.25) is 5.82 Å². The number of hydrogen-bond donors (Lipinski definition) is 2. The maximum atomic E-state index is 10.4. The van der Waals surface area contributed by atoms with Gasteiger partial charge in [0.05, 0.1) is 0 Å². The van der Waals surface area contributed by atoms with E-state index in [1.54, 1.807) is 0 Å². The molecule has 14 heavy (non-hydrogen) atoms. The molecule has 1 radical (unpaired) electrons. The van der Waals surface area contributed by atoms with Gasteiger partial charge in [0.1, 0.15) is 13.3 Å². The topological polar surface area (TPSA) is 76.0 Å². The minimum atomic E-state index is -4.02. The van der Waals surface area contributed by atoms with Crippen molar-refractivity contribution in [2.45, 2.75) is 12.2 Å². The highest BCUT2D eigenvalue weighted by Gasteiger charge is 2.13. The van der Waals surface area contributed by atoms with Crippen molar-refractivity contribution < 1.29 is 23.6 Å². The van der Waals surface area contributed by atoms with Crippen LogP contribution in [-0.4, -0.2) is 36.3 Å². The second-order valence-corrected chi connectivity index (χ2v) is 5.08. The minimum absolute atomic E-state index is 0.217. The summed E-state index contributed by atoms with van der Waals surface area (Å²) in [7, 11) is 0.611. The summed E-state index contributed by atoms with van der Waals surface area (Å²) in [6.07, 6.45) is 0.163. The van der Waals surface area contributed by atoms with Crippen molar-refractivity contribution in [1.29, 1.82) is 0 Å². The van der Waals surface area contributed by atoms with E-state index < -0.39 is 13.9 Å². The Hall–Kier alpha value is 0.995. The van der Waals surface area contributed by atoms with Gasteiger partial charge in [0.2, 0.25) is 0 Å². The third-order valence-electron chi connectivity index (χ3n) is 1.47. The van der Waals surface area contributed by atoms with Gasteiger partial charge in [0.25, 0.3) is 0 Å². The van der Waals surface area contributed by atoms with Crippen LogP contribution in [0.3, 0.4) is 0 Å². The third-order valence-corrected chi connectivity index (χ3v) is 2.73. The first kappa shape index (κ1) is 15.0. The summed E-state index contributed by atoms with van der Waals surface area (Å²) in [6, 6.07) is 0. The standard InChI is InChI=1S/C5H15BO5P3/c7-14(8,9)4-10-2-1-5(6-12)3-11-13/h5H,1-4,12-13H2,(H2,7,8,9). The van der Waals surface area contributed by atoms with Gasteiger partial charge in [-0.05, 0) is 12.2 Å². The summed E-state index contributed by atoms with van der Waals surface area (Å²) in [5.74, 6) is 0.217. The molecule has 0 aliphatic rings. The molecule has 83 valence electrons. The zero-order valence-electron chi connectivity index (χ0n) is 7.70. The molecular formula is C5H15BO5P3. The smallest absolute Gasteiger partial charge is 0.350 e. The predicted molar refractivity (Wildman–Crippen MR) is 62.4 cm³/mol. The molecule has 0 aliphatic heterocycles. The first-order chi connectivity index (χ1) is 6.49. The molecule has 3 unspecified atom stereocenters. The second kappa shape index (κ2) is 8.18. The van der Waals surface area contributed by atoms with Crippen LogP contribution in [-0.2, 0) is 13.8 Å². The average molecular weight is 259 g/mol. The van der Waals surface area contributed by atoms with Crippen LogP contribution in [0.4, 0.5) is 0 Å². The fourth-order valence-corrected chi connectivity index (χ4v) is 1.69. The zero-order chi connectivity index (χ0) is 11.0. The number of ether oxygens (including phenoxy) is 1. The molecule has 0 aromatic heterocycles. The monoisotopic (exact) mass is 259 g/mol. The molecule has 0 saturated carbocycles. The molecule has 0 aliphatic carbocycles. The van der Waals surface area contributed by atoms with Crippen molar-refractivity contribution in [3.63, 3.8) is 0 Å². The number of hydrogen-bond acceptors (Lipinski definition) is 3. The van der Waals surface area contributed by atoms with E-state index in [1.807, 2.05) is 7.00 Å². The first-order valence-electron chi connectivity index (χ1n) is 3.98. The van der Waals surface area contributed by atoms with E-state index in [1.165, 1.54) is 0 Å². The molecule has 0 aromatic rings. The lowest BCUT2D eigenvalue weighted by molar-refractivity contribution is 0.149. The Bertz CT molecular complexity index is 186. The van der Waals surface area contributed by atoms with Gasteiger partial charge in [-0.15, -0.1) is 0 Å². The van der Waals surface area contributed by atoms with Crippen LogP contribution in [0.15, 0.2) is 0 Å². The van der Waals surface area contributed by atoms with Crippen molar-refractivity contribution in [1.82, 2.24) is 0 Å². The first-order valence-corrected chi connectivity index (χ1v) is 6.92. The van der Waals surface area contributed by atoms with Gasteiger partial charge in [0, 0.05) is 22.7 Å².